The van der Waals surface area contributed by atoms with E-state index in [0.717, 1.165) is 6.42 Å². The number of hydrogen-bond donors (Lipinski definition) is 0. The van der Waals surface area contributed by atoms with Gasteiger partial charge in [0, 0.05) is 0 Å². The Morgan fingerprint density at radius 3 is 1.70 bits per heavy atom. The SMILES string of the molecule is CC1=[C-]CC(C(C)(C)C)=C1.CC1[C-]=CC(C(C)(C)C)=C1.[Cl-].[Cl-].[Ti+4]. The average molecular weight is 389 g/mol. The normalized spacial score (nSPS) is 19.1. The molecule has 0 nitrogen and oxygen atoms in total. The molecule has 0 fully saturated rings. The Labute approximate surface area is 171 Å². The van der Waals surface area contributed by atoms with Gasteiger partial charge in [-0.1, -0.05) is 66.7 Å². The molecule has 0 bridgehead atoms. The molecule has 0 aliphatic heterocycles. The van der Waals surface area contributed by atoms with Crippen LogP contribution in [0.5, 0.6) is 0 Å². The van der Waals surface area contributed by atoms with Gasteiger partial charge in [-0.15, -0.1) is 6.42 Å². The molecule has 23 heavy (non-hydrogen) atoms. The van der Waals surface area contributed by atoms with Gasteiger partial charge in [-0.2, -0.15) is 17.2 Å². The quantitative estimate of drug-likeness (QED) is 0.407. The Morgan fingerprint density at radius 1 is 1.00 bits per heavy atom. The third-order valence-corrected chi connectivity index (χ3v) is 3.71. The van der Waals surface area contributed by atoms with Crippen molar-refractivity contribution in [3.8, 4) is 0 Å². The molecule has 2 aliphatic carbocycles. The monoisotopic (exact) mass is 388 g/mol. The van der Waals surface area contributed by atoms with E-state index in [1.807, 2.05) is 0 Å². The van der Waals surface area contributed by atoms with E-state index in [2.05, 4.69) is 85.8 Å². The van der Waals surface area contributed by atoms with E-state index < -0.39 is 0 Å². The summed E-state index contributed by atoms with van der Waals surface area (Å²) < 4.78 is 0. The van der Waals surface area contributed by atoms with Crippen LogP contribution < -0.4 is 24.8 Å². The Hall–Kier alpha value is 0.254. The van der Waals surface area contributed by atoms with Gasteiger partial charge in [0.2, 0.25) is 0 Å². The van der Waals surface area contributed by atoms with Crippen LogP contribution in [0.25, 0.3) is 0 Å². The van der Waals surface area contributed by atoms with Gasteiger partial charge < -0.3 is 24.8 Å². The molecular weight excluding hydrogens is 359 g/mol. The average Bonchev–Trinajstić information content (AvgIpc) is 2.85. The Kier molecular flexibility index (Phi) is 13.4. The molecular formula is C20H30Cl2Ti. The smallest absolute Gasteiger partial charge is 1.00 e. The molecule has 0 radical (unpaired) electrons. The molecule has 3 heteroatoms. The van der Waals surface area contributed by atoms with Crippen LogP contribution in [0.15, 0.2) is 34.9 Å². The zero-order valence-electron chi connectivity index (χ0n) is 15.8. The van der Waals surface area contributed by atoms with Gasteiger partial charge in [-0.25, -0.2) is 17.7 Å². The van der Waals surface area contributed by atoms with Crippen molar-refractivity contribution in [3.63, 3.8) is 0 Å². The second-order valence-electron chi connectivity index (χ2n) is 7.93. The van der Waals surface area contributed by atoms with Crippen molar-refractivity contribution >= 4 is 0 Å². The van der Waals surface area contributed by atoms with E-state index in [9.17, 15) is 0 Å². The van der Waals surface area contributed by atoms with Crippen LogP contribution in [0.3, 0.4) is 0 Å². The molecule has 2 aliphatic rings. The van der Waals surface area contributed by atoms with Crippen LogP contribution in [0.4, 0.5) is 0 Å². The van der Waals surface area contributed by atoms with E-state index in [4.69, 9.17) is 0 Å². The Morgan fingerprint density at radius 2 is 1.52 bits per heavy atom. The van der Waals surface area contributed by atoms with E-state index in [1.54, 1.807) is 0 Å². The molecule has 128 valence electrons. The van der Waals surface area contributed by atoms with Gasteiger partial charge in [-0.3, -0.25) is 12.2 Å². The maximum atomic E-state index is 3.30. The maximum Gasteiger partial charge on any atom is 4.00 e. The molecule has 0 heterocycles. The second-order valence-corrected chi connectivity index (χ2v) is 7.93. The van der Waals surface area contributed by atoms with Gasteiger partial charge >= 0.3 is 21.7 Å². The third-order valence-electron chi connectivity index (χ3n) is 3.71. The minimum atomic E-state index is 0. The first-order valence-electron chi connectivity index (χ1n) is 7.60. The van der Waals surface area contributed by atoms with Crippen molar-refractivity contribution in [1.29, 1.82) is 0 Å². The topological polar surface area (TPSA) is 0 Å². The summed E-state index contributed by atoms with van der Waals surface area (Å²) >= 11 is 0. The van der Waals surface area contributed by atoms with Crippen LogP contribution in [-0.2, 0) is 21.7 Å². The number of hydrogen-bond acceptors (Lipinski definition) is 0. The molecule has 0 aromatic rings. The molecule has 0 N–H and O–H groups in total. The van der Waals surface area contributed by atoms with Crippen molar-refractivity contribution in [3.05, 3.63) is 47.1 Å². The van der Waals surface area contributed by atoms with Crippen LogP contribution in [0, 0.1) is 28.9 Å². The maximum absolute atomic E-state index is 3.30. The molecule has 0 aromatic carbocycles. The fourth-order valence-electron chi connectivity index (χ4n) is 2.13. The summed E-state index contributed by atoms with van der Waals surface area (Å²) in [5.74, 6) is 0.522. The number of allylic oxidation sites excluding steroid dienone is 8. The van der Waals surface area contributed by atoms with E-state index in [-0.39, 0.29) is 46.5 Å². The largest absolute Gasteiger partial charge is 4.00 e. The minimum absolute atomic E-state index is 0. The predicted molar refractivity (Wildman–Crippen MR) is 89.1 cm³/mol. The predicted octanol–water partition coefficient (Wildman–Crippen LogP) is 0.0856. The van der Waals surface area contributed by atoms with E-state index >= 15 is 0 Å². The summed E-state index contributed by atoms with van der Waals surface area (Å²) in [4.78, 5) is 0. The van der Waals surface area contributed by atoms with Crippen molar-refractivity contribution in [2.24, 2.45) is 16.7 Å². The summed E-state index contributed by atoms with van der Waals surface area (Å²) in [7, 11) is 0. The summed E-state index contributed by atoms with van der Waals surface area (Å²) in [6, 6.07) is 0. The van der Waals surface area contributed by atoms with Crippen molar-refractivity contribution < 1.29 is 46.5 Å². The van der Waals surface area contributed by atoms with Crippen molar-refractivity contribution in [2.75, 3.05) is 0 Å². The third kappa shape index (κ3) is 9.97. The van der Waals surface area contributed by atoms with Gasteiger partial charge in [0.1, 0.15) is 0 Å². The van der Waals surface area contributed by atoms with E-state index in [0.29, 0.717) is 16.7 Å². The van der Waals surface area contributed by atoms with Crippen LogP contribution >= 0.6 is 0 Å². The fraction of sp³-hybridized carbons (Fsp3) is 0.600. The Bertz CT molecular complexity index is 469. The van der Waals surface area contributed by atoms with Crippen molar-refractivity contribution in [1.82, 2.24) is 0 Å². The summed E-state index contributed by atoms with van der Waals surface area (Å²) in [5, 5.41) is 0. The van der Waals surface area contributed by atoms with E-state index in [1.165, 1.54) is 16.7 Å². The summed E-state index contributed by atoms with van der Waals surface area (Å²) in [5.41, 5.74) is 4.86. The van der Waals surface area contributed by atoms with Gasteiger partial charge in [0.25, 0.3) is 0 Å². The van der Waals surface area contributed by atoms with Crippen LogP contribution in [0.2, 0.25) is 0 Å². The molecule has 2 rings (SSSR count). The zero-order valence-corrected chi connectivity index (χ0v) is 18.8. The Balaban J connectivity index is -0.000000308. The van der Waals surface area contributed by atoms with Gasteiger partial charge in [-0.05, 0) is 5.41 Å². The molecule has 0 saturated heterocycles. The molecule has 0 saturated carbocycles. The zero-order chi connectivity index (χ0) is 15.6. The molecule has 0 aromatic heterocycles. The van der Waals surface area contributed by atoms with Gasteiger partial charge in [0.05, 0.1) is 0 Å². The van der Waals surface area contributed by atoms with Crippen LogP contribution in [-0.4, -0.2) is 0 Å². The van der Waals surface area contributed by atoms with Crippen molar-refractivity contribution in [2.45, 2.75) is 61.8 Å². The molecule has 0 amide bonds. The molecule has 1 atom stereocenters. The van der Waals surface area contributed by atoms with Crippen LogP contribution in [0.1, 0.15) is 61.8 Å². The minimum Gasteiger partial charge on any atom is -1.00 e. The first-order chi connectivity index (χ1) is 9.00. The molecule has 0 spiro atoms. The first-order valence-corrected chi connectivity index (χ1v) is 7.60. The standard InChI is InChI=1S/2C10H15.2ClH.Ti/c2*1-8-5-6-9(7-8)10(2,3)4;;;/h7H,6H2,1-4H3;6-8H,1-4H3;2*1H;/q2*-1;;;+4/p-2. The summed E-state index contributed by atoms with van der Waals surface area (Å²) in [6.45, 7) is 17.7. The summed E-state index contributed by atoms with van der Waals surface area (Å²) in [6.07, 6.45) is 14.2. The fourth-order valence-corrected chi connectivity index (χ4v) is 2.13. The molecule has 1 unspecified atom stereocenters. The number of rotatable bonds is 0. The first kappa shape index (κ1) is 28.1. The van der Waals surface area contributed by atoms with Gasteiger partial charge in [0.15, 0.2) is 0 Å². The number of halogens is 2. The second kappa shape index (κ2) is 11.0.